The maximum absolute atomic E-state index is 13.7. The first kappa shape index (κ1) is 13.4. The number of rotatable bonds is 2. The zero-order valence-electron chi connectivity index (χ0n) is 11.8. The van der Waals surface area contributed by atoms with Crippen molar-refractivity contribution in [1.82, 2.24) is 15.0 Å². The van der Waals surface area contributed by atoms with Crippen LogP contribution in [0.25, 0.3) is 22.8 Å². The molecule has 0 N–H and O–H groups in total. The van der Waals surface area contributed by atoms with E-state index >= 15 is 0 Å². The van der Waals surface area contributed by atoms with Gasteiger partial charge >= 0.3 is 0 Å². The number of halogens is 1. The van der Waals surface area contributed by atoms with Gasteiger partial charge in [0.25, 0.3) is 0 Å². The van der Waals surface area contributed by atoms with Crippen LogP contribution in [-0.4, -0.2) is 15.0 Å². The minimum absolute atomic E-state index is 0.184. The standard InChI is InChI=1S/C17H14FN3/c1-11-8-14(9-12(2)15(11)18)17-20-10-19-16(21-17)13-6-4-3-5-7-13/h3-10H,1-2H3. The zero-order valence-corrected chi connectivity index (χ0v) is 11.8. The predicted octanol–water partition coefficient (Wildman–Crippen LogP) is 3.96. The second kappa shape index (κ2) is 5.40. The van der Waals surface area contributed by atoms with Crippen LogP contribution in [0.3, 0.4) is 0 Å². The molecule has 1 heterocycles. The Morgan fingerprint density at radius 1 is 0.810 bits per heavy atom. The third-order valence-electron chi connectivity index (χ3n) is 3.30. The molecular weight excluding hydrogens is 265 g/mol. The van der Waals surface area contributed by atoms with Crippen molar-refractivity contribution in [2.75, 3.05) is 0 Å². The van der Waals surface area contributed by atoms with E-state index in [1.54, 1.807) is 26.0 Å². The summed E-state index contributed by atoms with van der Waals surface area (Å²) in [6, 6.07) is 13.2. The Bertz CT molecular complexity index is 762. The molecule has 0 fully saturated rings. The largest absolute Gasteiger partial charge is 0.217 e. The molecule has 0 spiro atoms. The molecule has 0 atom stereocenters. The number of hydrogen-bond acceptors (Lipinski definition) is 3. The van der Waals surface area contributed by atoms with Crippen molar-refractivity contribution >= 4 is 0 Å². The maximum Gasteiger partial charge on any atom is 0.163 e. The van der Waals surface area contributed by atoms with Crippen LogP contribution < -0.4 is 0 Å². The quantitative estimate of drug-likeness (QED) is 0.712. The monoisotopic (exact) mass is 279 g/mol. The summed E-state index contributed by atoms with van der Waals surface area (Å²) >= 11 is 0. The molecule has 0 saturated carbocycles. The van der Waals surface area contributed by atoms with Crippen LogP contribution in [0.4, 0.5) is 4.39 Å². The summed E-state index contributed by atoms with van der Waals surface area (Å²) in [5, 5.41) is 0. The summed E-state index contributed by atoms with van der Waals surface area (Å²) in [5.41, 5.74) is 2.90. The Morgan fingerprint density at radius 2 is 1.38 bits per heavy atom. The second-order valence-corrected chi connectivity index (χ2v) is 4.92. The molecule has 3 rings (SSSR count). The Labute approximate surface area is 122 Å². The molecule has 4 heteroatoms. The molecule has 0 aliphatic rings. The fraction of sp³-hybridized carbons (Fsp3) is 0.118. The second-order valence-electron chi connectivity index (χ2n) is 4.92. The van der Waals surface area contributed by atoms with E-state index in [2.05, 4.69) is 15.0 Å². The van der Waals surface area contributed by atoms with Gasteiger partial charge in [0.2, 0.25) is 0 Å². The first-order valence-electron chi connectivity index (χ1n) is 6.67. The number of aryl methyl sites for hydroxylation is 2. The van der Waals surface area contributed by atoms with Gasteiger partial charge in [-0.25, -0.2) is 19.3 Å². The zero-order chi connectivity index (χ0) is 14.8. The number of benzene rings is 2. The highest BCUT2D eigenvalue weighted by Crippen LogP contribution is 2.23. The molecule has 0 amide bonds. The lowest BCUT2D eigenvalue weighted by atomic mass is 10.1. The minimum atomic E-state index is -0.184. The van der Waals surface area contributed by atoms with Crippen molar-refractivity contribution in [3.05, 3.63) is 65.7 Å². The molecule has 0 aliphatic heterocycles. The van der Waals surface area contributed by atoms with Crippen molar-refractivity contribution in [3.8, 4) is 22.8 Å². The maximum atomic E-state index is 13.7. The highest BCUT2D eigenvalue weighted by molar-refractivity contribution is 5.61. The summed E-state index contributed by atoms with van der Waals surface area (Å²) < 4.78 is 13.7. The lowest BCUT2D eigenvalue weighted by molar-refractivity contribution is 0.609. The number of aromatic nitrogens is 3. The first-order valence-corrected chi connectivity index (χ1v) is 6.67. The van der Waals surface area contributed by atoms with Crippen LogP contribution in [0, 0.1) is 19.7 Å². The lowest BCUT2D eigenvalue weighted by Gasteiger charge is -2.07. The molecule has 1 aromatic heterocycles. The molecule has 0 saturated heterocycles. The third-order valence-corrected chi connectivity index (χ3v) is 3.30. The third kappa shape index (κ3) is 2.65. The van der Waals surface area contributed by atoms with Crippen LogP contribution in [-0.2, 0) is 0 Å². The normalized spacial score (nSPS) is 10.6. The van der Waals surface area contributed by atoms with E-state index in [9.17, 15) is 4.39 Å². The summed E-state index contributed by atoms with van der Waals surface area (Å²) in [6.07, 6.45) is 1.48. The SMILES string of the molecule is Cc1cc(-c2ncnc(-c3ccccc3)n2)cc(C)c1F. The molecule has 0 aliphatic carbocycles. The molecule has 3 nitrogen and oxygen atoms in total. The van der Waals surface area contributed by atoms with E-state index in [4.69, 9.17) is 0 Å². The van der Waals surface area contributed by atoms with E-state index in [1.807, 2.05) is 30.3 Å². The van der Waals surface area contributed by atoms with Gasteiger partial charge in [-0.3, -0.25) is 0 Å². The van der Waals surface area contributed by atoms with Crippen molar-refractivity contribution in [2.24, 2.45) is 0 Å². The predicted molar refractivity (Wildman–Crippen MR) is 80.1 cm³/mol. The Kier molecular flexibility index (Phi) is 3.44. The number of nitrogens with zero attached hydrogens (tertiary/aromatic N) is 3. The number of hydrogen-bond donors (Lipinski definition) is 0. The summed E-state index contributed by atoms with van der Waals surface area (Å²) in [4.78, 5) is 12.9. The van der Waals surface area contributed by atoms with Gasteiger partial charge in [-0.1, -0.05) is 30.3 Å². The highest BCUT2D eigenvalue weighted by atomic mass is 19.1. The van der Waals surface area contributed by atoms with Crippen LogP contribution in [0.15, 0.2) is 48.8 Å². The van der Waals surface area contributed by atoms with Gasteiger partial charge in [-0.15, -0.1) is 0 Å². The van der Waals surface area contributed by atoms with Crippen LogP contribution >= 0.6 is 0 Å². The Morgan fingerprint density at radius 3 is 2.00 bits per heavy atom. The van der Waals surface area contributed by atoms with E-state index in [0.29, 0.717) is 22.8 Å². The van der Waals surface area contributed by atoms with Crippen molar-refractivity contribution in [3.63, 3.8) is 0 Å². The van der Waals surface area contributed by atoms with Crippen molar-refractivity contribution in [2.45, 2.75) is 13.8 Å². The smallest absolute Gasteiger partial charge is 0.163 e. The van der Waals surface area contributed by atoms with Crippen LogP contribution in [0.5, 0.6) is 0 Å². The van der Waals surface area contributed by atoms with Crippen LogP contribution in [0.2, 0.25) is 0 Å². The molecule has 21 heavy (non-hydrogen) atoms. The van der Waals surface area contributed by atoms with Gasteiger partial charge in [-0.05, 0) is 37.1 Å². The van der Waals surface area contributed by atoms with Crippen molar-refractivity contribution < 1.29 is 4.39 Å². The van der Waals surface area contributed by atoms with E-state index in [1.165, 1.54) is 6.33 Å². The highest BCUT2D eigenvalue weighted by Gasteiger charge is 2.09. The van der Waals surface area contributed by atoms with Gasteiger partial charge in [0, 0.05) is 11.1 Å². The average molecular weight is 279 g/mol. The average Bonchev–Trinajstić information content (AvgIpc) is 2.53. The molecule has 0 unspecified atom stereocenters. The fourth-order valence-electron chi connectivity index (χ4n) is 2.24. The summed E-state index contributed by atoms with van der Waals surface area (Å²) in [6.45, 7) is 3.48. The molecule has 0 radical (unpaired) electrons. The van der Waals surface area contributed by atoms with Gasteiger partial charge in [0.15, 0.2) is 11.6 Å². The van der Waals surface area contributed by atoms with Gasteiger partial charge < -0.3 is 0 Å². The lowest BCUT2D eigenvalue weighted by Crippen LogP contribution is -1.97. The summed E-state index contributed by atoms with van der Waals surface area (Å²) in [5.74, 6) is 0.978. The molecule has 2 aromatic carbocycles. The Balaban J connectivity index is 2.08. The summed E-state index contributed by atoms with van der Waals surface area (Å²) in [7, 11) is 0. The van der Waals surface area contributed by atoms with E-state index in [-0.39, 0.29) is 5.82 Å². The van der Waals surface area contributed by atoms with Crippen LogP contribution in [0.1, 0.15) is 11.1 Å². The minimum Gasteiger partial charge on any atom is -0.217 e. The molecular formula is C17H14FN3. The van der Waals surface area contributed by atoms with Gasteiger partial charge in [-0.2, -0.15) is 0 Å². The van der Waals surface area contributed by atoms with Gasteiger partial charge in [0.1, 0.15) is 12.1 Å². The topological polar surface area (TPSA) is 38.7 Å². The van der Waals surface area contributed by atoms with E-state index in [0.717, 1.165) is 11.1 Å². The van der Waals surface area contributed by atoms with E-state index < -0.39 is 0 Å². The van der Waals surface area contributed by atoms with Crippen molar-refractivity contribution in [1.29, 1.82) is 0 Å². The van der Waals surface area contributed by atoms with Gasteiger partial charge in [0.05, 0.1) is 0 Å². The molecule has 104 valence electrons. The fourth-order valence-corrected chi connectivity index (χ4v) is 2.24. The Hall–Kier alpha value is -2.62. The first-order chi connectivity index (χ1) is 10.1. The molecule has 3 aromatic rings. The molecule has 0 bridgehead atoms.